The number of fused-ring (bicyclic) bond motifs is 1. The summed E-state index contributed by atoms with van der Waals surface area (Å²) in [5, 5.41) is 70.0. The molecular weight excluding hydrogens is 767 g/mol. The maximum Gasteiger partial charge on any atom is 0.309 e. The van der Waals surface area contributed by atoms with Crippen molar-refractivity contribution in [2.45, 2.75) is 115 Å². The molecule has 0 bridgehead atoms. The molecule has 1 aliphatic heterocycles. The van der Waals surface area contributed by atoms with Crippen LogP contribution in [-0.4, -0.2) is 65.9 Å². The van der Waals surface area contributed by atoms with E-state index in [2.05, 4.69) is 41.5 Å². The number of aliphatic hydroxyl groups excluding tert-OH is 2. The number of carboxylic acids is 1. The molecule has 7 rings (SSSR count). The number of rotatable bonds is 19. The Balaban J connectivity index is 1.06. The number of benzene rings is 2. The number of phenolic OH excluding ortho intramolecular Hbond substituents is 2. The summed E-state index contributed by atoms with van der Waals surface area (Å²) < 4.78 is 0. The molecular formula is C51H67N3O7. The summed E-state index contributed by atoms with van der Waals surface area (Å²) in [6, 6.07) is 16.5. The molecule has 1 aromatic heterocycles. The van der Waals surface area contributed by atoms with E-state index in [1.165, 1.54) is 25.3 Å². The molecule has 0 spiro atoms. The Bertz CT molecular complexity index is 2050. The van der Waals surface area contributed by atoms with Crippen molar-refractivity contribution in [1.29, 1.82) is 0 Å². The minimum atomic E-state index is -1.22. The van der Waals surface area contributed by atoms with Gasteiger partial charge in [0.15, 0.2) is 0 Å². The van der Waals surface area contributed by atoms with Crippen molar-refractivity contribution in [3.8, 4) is 33.9 Å². The number of hydrogen-bond donors (Lipinski definition) is 9. The Labute approximate surface area is 361 Å². The number of unbranched alkanes of at least 4 members (excludes halogenated alkanes) is 4. The van der Waals surface area contributed by atoms with E-state index in [1.807, 2.05) is 48.6 Å². The molecule has 10 heteroatoms. The first-order chi connectivity index (χ1) is 29.4. The highest BCUT2D eigenvalue weighted by Gasteiger charge is 2.56. The van der Waals surface area contributed by atoms with Gasteiger partial charge in [0.25, 0.3) is 0 Å². The third kappa shape index (κ3) is 10.6. The van der Waals surface area contributed by atoms with Crippen LogP contribution in [0.5, 0.6) is 11.5 Å². The number of aromatic amines is 1. The maximum atomic E-state index is 13.0. The summed E-state index contributed by atoms with van der Waals surface area (Å²) in [5.74, 6) is -1.79. The Hall–Kier alpha value is -4.77. The van der Waals surface area contributed by atoms with Gasteiger partial charge in [0.2, 0.25) is 0 Å². The van der Waals surface area contributed by atoms with Crippen LogP contribution in [0.1, 0.15) is 96.1 Å². The van der Waals surface area contributed by atoms with Crippen molar-refractivity contribution < 1.29 is 35.4 Å². The van der Waals surface area contributed by atoms with Crippen molar-refractivity contribution in [2.75, 3.05) is 6.54 Å². The minimum Gasteiger partial charge on any atom is -0.508 e. The molecule has 2 heterocycles. The largest absolute Gasteiger partial charge is 0.508 e. The fraction of sp³-hybridized carbons (Fsp3) is 0.510. The van der Waals surface area contributed by atoms with E-state index >= 15 is 0 Å². The standard InChI is InChI=1S/C51H67N3O7/c1-2-3-6-11-32-16-17-35(46(57)23-32)14-9-5-10-15-43(50(59)60)49(58)36-18-19-45-37(22-33-20-21-53-47(52)24-33)25-39(51(45,61)31-36)28-40-29-44(34-12-7-4-8-13-34)48(54-40)38-26-41(55)30-42(56)27-38/h4,7-8,12-13,16-20,24,26-27,29-30,32,35-37,39,43,45-46,49,53-58,61H,2-3,5-6,9-11,14-15,21-23,25,28,31,52H2,1H3,(H,59,60). The zero-order valence-corrected chi connectivity index (χ0v) is 35.6. The van der Waals surface area contributed by atoms with E-state index in [0.29, 0.717) is 49.5 Å². The van der Waals surface area contributed by atoms with E-state index in [1.54, 1.807) is 12.1 Å². The molecule has 10 nitrogen and oxygen atoms in total. The van der Waals surface area contributed by atoms with Gasteiger partial charge in [-0.3, -0.25) is 4.79 Å². The van der Waals surface area contributed by atoms with Crippen LogP contribution in [0.4, 0.5) is 0 Å². The second-order valence-corrected chi connectivity index (χ2v) is 18.5. The van der Waals surface area contributed by atoms with Crippen LogP contribution in [0.25, 0.3) is 22.4 Å². The Morgan fingerprint density at radius 2 is 1.67 bits per heavy atom. The summed E-state index contributed by atoms with van der Waals surface area (Å²) in [6.07, 6.45) is 22.4. The van der Waals surface area contributed by atoms with Crippen LogP contribution >= 0.6 is 0 Å². The fourth-order valence-corrected chi connectivity index (χ4v) is 11.0. The van der Waals surface area contributed by atoms with Crippen molar-refractivity contribution in [3.05, 3.63) is 108 Å². The van der Waals surface area contributed by atoms with E-state index in [-0.39, 0.29) is 47.7 Å². The highest BCUT2D eigenvalue weighted by Crippen LogP contribution is 2.55. The van der Waals surface area contributed by atoms with E-state index < -0.39 is 29.5 Å². The van der Waals surface area contributed by atoms with E-state index in [0.717, 1.165) is 66.6 Å². The van der Waals surface area contributed by atoms with Gasteiger partial charge in [0.05, 0.1) is 35.2 Å². The number of carbonyl (C=O) groups is 1. The lowest BCUT2D eigenvalue weighted by Gasteiger charge is -2.42. The highest BCUT2D eigenvalue weighted by molar-refractivity contribution is 5.83. The first kappa shape index (κ1) is 44.3. The summed E-state index contributed by atoms with van der Waals surface area (Å²) in [6.45, 7) is 2.84. The first-order valence-corrected chi connectivity index (χ1v) is 22.8. The average molecular weight is 834 g/mol. The second-order valence-electron chi connectivity index (χ2n) is 18.5. The summed E-state index contributed by atoms with van der Waals surface area (Å²) >= 11 is 0. The normalized spacial score (nSPS) is 28.1. The number of aliphatic carboxylic acids is 1. The van der Waals surface area contributed by atoms with Gasteiger partial charge in [-0.1, -0.05) is 106 Å². The maximum absolute atomic E-state index is 13.0. The van der Waals surface area contributed by atoms with Crippen LogP contribution < -0.4 is 11.1 Å². The van der Waals surface area contributed by atoms with Gasteiger partial charge in [0.1, 0.15) is 11.5 Å². The smallest absolute Gasteiger partial charge is 0.309 e. The molecule has 1 fully saturated rings. The molecule has 10 atom stereocenters. The number of phenols is 2. The third-order valence-electron chi connectivity index (χ3n) is 14.2. The molecule has 0 saturated heterocycles. The van der Waals surface area contributed by atoms with Crippen molar-refractivity contribution >= 4 is 5.97 Å². The molecule has 10 unspecified atom stereocenters. The lowest BCUT2D eigenvalue weighted by Crippen LogP contribution is -2.48. The van der Waals surface area contributed by atoms with Gasteiger partial charge in [0, 0.05) is 47.2 Å². The predicted octanol–water partition coefficient (Wildman–Crippen LogP) is 8.73. The molecule has 10 N–H and O–H groups in total. The number of nitrogens with one attached hydrogen (secondary N) is 2. The van der Waals surface area contributed by atoms with Crippen LogP contribution in [0.2, 0.25) is 0 Å². The monoisotopic (exact) mass is 833 g/mol. The van der Waals surface area contributed by atoms with Gasteiger partial charge in [-0.15, -0.1) is 0 Å². The number of allylic oxidation sites excluding steroid dienone is 3. The lowest BCUT2D eigenvalue weighted by molar-refractivity contribution is -0.148. The SMILES string of the molecule is CCCCCC1C=CC(CCCCCC(C(=O)O)C(O)C2C=CC3C(CC4=CCNC(N)=C4)CC(Cc4cc(-c5ccccc5)c(-c5cc(O)cc(O)c5)[nH]4)C3(O)C2)C(O)C1. The molecule has 61 heavy (non-hydrogen) atoms. The van der Waals surface area contributed by atoms with E-state index in [9.17, 15) is 35.4 Å². The number of carboxylic acid groups (broad SMARTS) is 1. The average Bonchev–Trinajstić information content (AvgIpc) is 3.77. The molecule has 4 aliphatic rings. The van der Waals surface area contributed by atoms with Crippen molar-refractivity contribution in [3.63, 3.8) is 0 Å². The zero-order valence-electron chi connectivity index (χ0n) is 35.6. The van der Waals surface area contributed by atoms with Gasteiger partial charge in [-0.25, -0.2) is 0 Å². The third-order valence-corrected chi connectivity index (χ3v) is 14.2. The Morgan fingerprint density at radius 1 is 0.902 bits per heavy atom. The summed E-state index contributed by atoms with van der Waals surface area (Å²) in [4.78, 5) is 16.3. The van der Waals surface area contributed by atoms with E-state index in [4.69, 9.17) is 5.73 Å². The predicted molar refractivity (Wildman–Crippen MR) is 240 cm³/mol. The number of dihydropyridines is 1. The Morgan fingerprint density at radius 3 is 2.39 bits per heavy atom. The Kier molecular flexibility index (Phi) is 14.5. The zero-order chi connectivity index (χ0) is 43.1. The van der Waals surface area contributed by atoms with Crippen LogP contribution in [0.3, 0.4) is 0 Å². The first-order valence-electron chi connectivity index (χ1n) is 22.8. The lowest BCUT2D eigenvalue weighted by atomic mass is 9.68. The molecule has 328 valence electrons. The van der Waals surface area contributed by atoms with Crippen molar-refractivity contribution in [1.82, 2.24) is 10.3 Å². The minimum absolute atomic E-state index is 0.0519. The number of aromatic nitrogens is 1. The topological polar surface area (TPSA) is 192 Å². The molecule has 0 amide bonds. The number of hydrogen-bond acceptors (Lipinski definition) is 8. The number of H-pyrrole nitrogens is 1. The van der Waals surface area contributed by atoms with Gasteiger partial charge < -0.3 is 46.7 Å². The van der Waals surface area contributed by atoms with Crippen LogP contribution in [0.15, 0.2) is 102 Å². The molecule has 2 aromatic carbocycles. The molecule has 3 aromatic rings. The van der Waals surface area contributed by atoms with Crippen LogP contribution in [0, 0.1) is 41.4 Å². The summed E-state index contributed by atoms with van der Waals surface area (Å²) in [7, 11) is 0. The summed E-state index contributed by atoms with van der Waals surface area (Å²) in [5.41, 5.74) is 10.2. The quantitative estimate of drug-likeness (QED) is 0.0420. The molecule has 1 saturated carbocycles. The number of aliphatic hydroxyl groups is 3. The van der Waals surface area contributed by atoms with Crippen molar-refractivity contribution in [2.24, 2.45) is 47.2 Å². The van der Waals surface area contributed by atoms with Gasteiger partial charge >= 0.3 is 5.97 Å². The molecule has 3 aliphatic carbocycles. The highest BCUT2D eigenvalue weighted by atomic mass is 16.4. The molecule has 0 radical (unpaired) electrons. The van der Waals surface area contributed by atoms with Gasteiger partial charge in [-0.05, 0) is 105 Å². The number of aromatic hydroxyl groups is 2. The number of nitrogens with two attached hydrogens (primary N) is 1. The van der Waals surface area contributed by atoms with Crippen LogP contribution in [-0.2, 0) is 11.2 Å². The van der Waals surface area contributed by atoms with Gasteiger partial charge in [-0.2, -0.15) is 0 Å². The fourth-order valence-electron chi connectivity index (χ4n) is 11.0. The second kappa shape index (κ2) is 20.0.